The summed E-state index contributed by atoms with van der Waals surface area (Å²) in [7, 11) is 1.64. The Morgan fingerprint density at radius 2 is 1.62 bits per heavy atom. The van der Waals surface area contributed by atoms with Crippen molar-refractivity contribution < 1.29 is 9.53 Å². The minimum atomic E-state index is 0.166. The zero-order valence-corrected chi connectivity index (χ0v) is 14.4. The van der Waals surface area contributed by atoms with Crippen molar-refractivity contribution in [1.82, 2.24) is 0 Å². The molecule has 1 fully saturated rings. The fraction of sp³-hybridized carbons (Fsp3) is 0.476. The molecule has 0 radical (unpaired) electrons. The van der Waals surface area contributed by atoms with Crippen LogP contribution in [0.2, 0.25) is 0 Å². The number of benzene rings is 1. The van der Waals surface area contributed by atoms with E-state index >= 15 is 0 Å². The van der Waals surface area contributed by atoms with Gasteiger partial charge in [-0.15, -0.1) is 0 Å². The van der Waals surface area contributed by atoms with Gasteiger partial charge in [-0.1, -0.05) is 30.4 Å². The van der Waals surface area contributed by atoms with Gasteiger partial charge in [-0.2, -0.15) is 0 Å². The third-order valence-corrected chi connectivity index (χ3v) is 5.14. The monoisotopic (exact) mass is 325 g/mol. The van der Waals surface area contributed by atoms with Crippen molar-refractivity contribution in [3.8, 4) is 5.75 Å². The molecule has 1 aromatic rings. The van der Waals surface area contributed by atoms with Gasteiger partial charge in [0.15, 0.2) is 0 Å². The number of hydrogen-bond acceptors (Lipinski definition) is 2. The zero-order valence-electron chi connectivity index (χ0n) is 14.4. The van der Waals surface area contributed by atoms with Crippen LogP contribution in [0.5, 0.6) is 5.75 Å². The second-order valence-corrected chi connectivity index (χ2v) is 6.75. The van der Waals surface area contributed by atoms with Crippen molar-refractivity contribution >= 4 is 11.6 Å². The standard InChI is InChI=1S/C21H27NO2/c1-24-17-12-10-11-16(15-17)22-21(23)20-18-13-8-6-4-2-3-5-7-9-14-19(18)20/h4-7,10-12,15,18-20H,2-3,8-9,13-14H2,1H3,(H,22,23)/b6-4-,7-5+/t18-,19+,20?/m0/s1. The highest BCUT2D eigenvalue weighted by Gasteiger charge is 2.52. The van der Waals surface area contributed by atoms with Crippen molar-refractivity contribution in [3.63, 3.8) is 0 Å². The van der Waals surface area contributed by atoms with Gasteiger partial charge < -0.3 is 10.1 Å². The Bertz CT molecular complexity index is 596. The number of hydrogen-bond donors (Lipinski definition) is 1. The highest BCUT2D eigenvalue weighted by molar-refractivity contribution is 5.95. The molecule has 0 heterocycles. The Morgan fingerprint density at radius 3 is 2.25 bits per heavy atom. The molecule has 1 amide bonds. The summed E-state index contributed by atoms with van der Waals surface area (Å²) in [6.45, 7) is 0. The molecule has 0 saturated heterocycles. The van der Waals surface area contributed by atoms with Crippen LogP contribution in [0.25, 0.3) is 0 Å². The summed E-state index contributed by atoms with van der Waals surface area (Å²) in [6, 6.07) is 7.58. The third kappa shape index (κ3) is 4.28. The molecule has 128 valence electrons. The van der Waals surface area contributed by atoms with E-state index < -0.39 is 0 Å². The Hall–Kier alpha value is -2.03. The lowest BCUT2D eigenvalue weighted by molar-refractivity contribution is -0.117. The number of allylic oxidation sites excluding steroid dienone is 4. The predicted octanol–water partition coefficient (Wildman–Crippen LogP) is 4.96. The largest absolute Gasteiger partial charge is 0.497 e. The fourth-order valence-corrected chi connectivity index (χ4v) is 3.79. The average Bonchev–Trinajstić information content (AvgIpc) is 3.27. The van der Waals surface area contributed by atoms with Gasteiger partial charge in [-0.05, 0) is 62.5 Å². The van der Waals surface area contributed by atoms with E-state index in [2.05, 4.69) is 29.6 Å². The molecule has 0 aliphatic heterocycles. The van der Waals surface area contributed by atoms with Gasteiger partial charge in [0, 0.05) is 17.7 Å². The molecule has 3 rings (SSSR count). The highest BCUT2D eigenvalue weighted by Crippen LogP contribution is 2.52. The summed E-state index contributed by atoms with van der Waals surface area (Å²) in [5, 5.41) is 3.08. The van der Waals surface area contributed by atoms with Crippen LogP contribution in [-0.4, -0.2) is 13.0 Å². The van der Waals surface area contributed by atoms with E-state index in [-0.39, 0.29) is 11.8 Å². The number of fused-ring (bicyclic) bond motifs is 1. The topological polar surface area (TPSA) is 38.3 Å². The summed E-state index contributed by atoms with van der Waals surface area (Å²) in [5.74, 6) is 2.17. The van der Waals surface area contributed by atoms with Gasteiger partial charge in [0.05, 0.1) is 7.11 Å². The Balaban J connectivity index is 1.61. The van der Waals surface area contributed by atoms with E-state index in [0.717, 1.165) is 50.0 Å². The first-order valence-corrected chi connectivity index (χ1v) is 9.04. The van der Waals surface area contributed by atoms with E-state index in [4.69, 9.17) is 4.74 Å². The third-order valence-electron chi connectivity index (χ3n) is 5.14. The van der Waals surface area contributed by atoms with Crippen molar-refractivity contribution in [2.75, 3.05) is 12.4 Å². The Morgan fingerprint density at radius 1 is 1.00 bits per heavy atom. The average molecular weight is 325 g/mol. The van der Waals surface area contributed by atoms with Crippen LogP contribution in [0.4, 0.5) is 5.69 Å². The van der Waals surface area contributed by atoms with E-state index in [0.29, 0.717) is 11.8 Å². The Labute approximate surface area is 144 Å². The molecule has 2 aliphatic rings. The molecular weight excluding hydrogens is 298 g/mol. The summed E-state index contributed by atoms with van der Waals surface area (Å²) in [5.41, 5.74) is 0.821. The first-order valence-electron chi connectivity index (χ1n) is 9.04. The number of amides is 1. The number of ether oxygens (including phenoxy) is 1. The van der Waals surface area contributed by atoms with Gasteiger partial charge in [0.2, 0.25) is 5.91 Å². The lowest BCUT2D eigenvalue weighted by Gasteiger charge is -2.07. The van der Waals surface area contributed by atoms with Crippen LogP contribution in [0, 0.1) is 17.8 Å². The maximum Gasteiger partial charge on any atom is 0.228 e. The second-order valence-electron chi connectivity index (χ2n) is 6.75. The zero-order chi connectivity index (χ0) is 16.8. The van der Waals surface area contributed by atoms with E-state index in [1.807, 2.05) is 24.3 Å². The van der Waals surface area contributed by atoms with Gasteiger partial charge in [-0.3, -0.25) is 4.79 Å². The molecule has 0 aromatic heterocycles. The van der Waals surface area contributed by atoms with Crippen LogP contribution < -0.4 is 10.1 Å². The number of nitrogens with one attached hydrogen (secondary N) is 1. The first kappa shape index (κ1) is 16.8. The molecule has 1 aromatic carbocycles. The van der Waals surface area contributed by atoms with Gasteiger partial charge >= 0.3 is 0 Å². The van der Waals surface area contributed by atoms with Crippen LogP contribution in [-0.2, 0) is 4.79 Å². The molecule has 3 atom stereocenters. The number of methoxy groups -OCH3 is 1. The van der Waals surface area contributed by atoms with Crippen molar-refractivity contribution in [2.45, 2.75) is 38.5 Å². The molecule has 24 heavy (non-hydrogen) atoms. The van der Waals surface area contributed by atoms with Crippen LogP contribution in [0.3, 0.4) is 0 Å². The minimum absolute atomic E-state index is 0.166. The quantitative estimate of drug-likeness (QED) is 0.797. The van der Waals surface area contributed by atoms with Crippen molar-refractivity contribution in [1.29, 1.82) is 0 Å². The molecular formula is C21H27NO2. The van der Waals surface area contributed by atoms with Gasteiger partial charge in [-0.25, -0.2) is 0 Å². The van der Waals surface area contributed by atoms with E-state index in [9.17, 15) is 4.79 Å². The molecule has 0 bridgehead atoms. The fourth-order valence-electron chi connectivity index (χ4n) is 3.79. The second kappa shape index (κ2) is 8.18. The normalized spacial score (nSPS) is 29.3. The molecule has 1 N–H and O–H groups in total. The Kier molecular flexibility index (Phi) is 5.73. The van der Waals surface area contributed by atoms with E-state index in [1.165, 1.54) is 0 Å². The molecule has 0 spiro atoms. The van der Waals surface area contributed by atoms with Gasteiger partial charge in [0.25, 0.3) is 0 Å². The molecule has 1 saturated carbocycles. The maximum absolute atomic E-state index is 12.7. The molecule has 1 unspecified atom stereocenters. The number of rotatable bonds is 3. The number of anilines is 1. The summed E-state index contributed by atoms with van der Waals surface area (Å²) >= 11 is 0. The lowest BCUT2D eigenvalue weighted by Crippen LogP contribution is -2.15. The summed E-state index contributed by atoms with van der Waals surface area (Å²) in [4.78, 5) is 12.7. The van der Waals surface area contributed by atoms with Crippen LogP contribution in [0.15, 0.2) is 48.6 Å². The first-order chi connectivity index (χ1) is 11.8. The predicted molar refractivity (Wildman–Crippen MR) is 98.1 cm³/mol. The smallest absolute Gasteiger partial charge is 0.228 e. The van der Waals surface area contributed by atoms with Crippen molar-refractivity contribution in [2.24, 2.45) is 17.8 Å². The SMILES string of the molecule is COc1cccc(NC(=O)C2[C@H]3CC/C=C\CC/C=C/CC[C@@H]23)c1. The molecule has 2 aliphatic carbocycles. The van der Waals surface area contributed by atoms with Crippen LogP contribution >= 0.6 is 0 Å². The molecule has 3 nitrogen and oxygen atoms in total. The van der Waals surface area contributed by atoms with Gasteiger partial charge in [0.1, 0.15) is 5.75 Å². The van der Waals surface area contributed by atoms with Crippen molar-refractivity contribution in [3.05, 3.63) is 48.6 Å². The number of carbonyl (C=O) groups excluding carboxylic acids is 1. The van der Waals surface area contributed by atoms with E-state index in [1.54, 1.807) is 7.11 Å². The highest BCUT2D eigenvalue weighted by atomic mass is 16.5. The number of carbonyl (C=O) groups is 1. The maximum atomic E-state index is 12.7. The summed E-state index contributed by atoms with van der Waals surface area (Å²) < 4.78 is 5.23. The molecule has 3 heteroatoms. The lowest BCUT2D eigenvalue weighted by atomic mass is 10.1. The van der Waals surface area contributed by atoms with Crippen LogP contribution in [0.1, 0.15) is 38.5 Å². The summed E-state index contributed by atoms with van der Waals surface area (Å²) in [6.07, 6.45) is 15.8. The minimum Gasteiger partial charge on any atom is -0.497 e.